The van der Waals surface area contributed by atoms with Gasteiger partial charge < -0.3 is 9.84 Å². The van der Waals surface area contributed by atoms with Gasteiger partial charge in [-0.1, -0.05) is 26.0 Å². The summed E-state index contributed by atoms with van der Waals surface area (Å²) in [6.45, 7) is 5.99. The molecule has 0 unspecified atom stereocenters. The number of aromatic carboxylic acids is 1. The number of nitrogens with one attached hydrogen (secondary N) is 1. The summed E-state index contributed by atoms with van der Waals surface area (Å²) in [6.07, 6.45) is 0. The van der Waals surface area contributed by atoms with E-state index in [0.717, 1.165) is 11.1 Å². The molecule has 106 valence electrons. The van der Waals surface area contributed by atoms with Gasteiger partial charge in [0.1, 0.15) is 5.75 Å². The smallest absolute Gasteiger partial charge is 0.357 e. The van der Waals surface area contributed by atoms with Gasteiger partial charge in [0.2, 0.25) is 0 Å². The van der Waals surface area contributed by atoms with Crippen LogP contribution in [-0.4, -0.2) is 28.4 Å². The van der Waals surface area contributed by atoms with Crippen LogP contribution in [0.25, 0.3) is 11.1 Å². The molecule has 5 nitrogen and oxygen atoms in total. The fourth-order valence-electron chi connectivity index (χ4n) is 2.19. The third-order valence-electron chi connectivity index (χ3n) is 3.31. The van der Waals surface area contributed by atoms with E-state index < -0.39 is 5.97 Å². The molecule has 0 saturated carbocycles. The number of carbonyl (C=O) groups is 1. The number of aryl methyl sites for hydroxylation is 1. The van der Waals surface area contributed by atoms with Crippen LogP contribution in [0.4, 0.5) is 0 Å². The topological polar surface area (TPSA) is 75.2 Å². The van der Waals surface area contributed by atoms with Crippen LogP contribution in [0.15, 0.2) is 18.2 Å². The van der Waals surface area contributed by atoms with E-state index in [0.29, 0.717) is 22.9 Å². The van der Waals surface area contributed by atoms with Gasteiger partial charge in [0.05, 0.1) is 7.11 Å². The Balaban J connectivity index is 2.64. The fourth-order valence-corrected chi connectivity index (χ4v) is 2.19. The molecule has 0 saturated heterocycles. The average Bonchev–Trinajstić information content (AvgIpc) is 2.79. The third kappa shape index (κ3) is 2.39. The van der Waals surface area contributed by atoms with Crippen molar-refractivity contribution in [1.82, 2.24) is 10.2 Å². The van der Waals surface area contributed by atoms with Crippen molar-refractivity contribution in [2.24, 2.45) is 0 Å². The molecule has 0 bridgehead atoms. The Labute approximate surface area is 117 Å². The molecule has 2 rings (SSSR count). The maximum absolute atomic E-state index is 11.3. The zero-order valence-corrected chi connectivity index (χ0v) is 12.0. The number of benzene rings is 1. The van der Waals surface area contributed by atoms with Gasteiger partial charge in [-0.3, -0.25) is 5.10 Å². The van der Waals surface area contributed by atoms with Crippen molar-refractivity contribution < 1.29 is 14.6 Å². The molecule has 1 aromatic heterocycles. The number of hydrogen-bond donors (Lipinski definition) is 2. The van der Waals surface area contributed by atoms with Gasteiger partial charge in [-0.25, -0.2) is 4.79 Å². The lowest BCUT2D eigenvalue weighted by molar-refractivity contribution is 0.0691. The Morgan fingerprint density at radius 1 is 1.40 bits per heavy atom. The molecule has 20 heavy (non-hydrogen) atoms. The Morgan fingerprint density at radius 2 is 2.10 bits per heavy atom. The molecule has 0 aliphatic heterocycles. The average molecular weight is 274 g/mol. The monoisotopic (exact) mass is 274 g/mol. The molecule has 2 N–H and O–H groups in total. The van der Waals surface area contributed by atoms with E-state index in [4.69, 9.17) is 4.74 Å². The Hall–Kier alpha value is -2.30. The van der Waals surface area contributed by atoms with Crippen molar-refractivity contribution in [3.63, 3.8) is 0 Å². The third-order valence-corrected chi connectivity index (χ3v) is 3.31. The van der Waals surface area contributed by atoms with Crippen molar-refractivity contribution in [2.75, 3.05) is 7.11 Å². The predicted molar refractivity (Wildman–Crippen MR) is 76.4 cm³/mol. The maximum atomic E-state index is 11.3. The van der Waals surface area contributed by atoms with Crippen LogP contribution in [0.3, 0.4) is 0 Å². The number of H-pyrrole nitrogens is 1. The molecule has 1 aromatic carbocycles. The largest absolute Gasteiger partial charge is 0.496 e. The number of carboxylic acid groups (broad SMARTS) is 1. The fraction of sp³-hybridized carbons (Fsp3) is 0.333. The van der Waals surface area contributed by atoms with E-state index in [-0.39, 0.29) is 5.69 Å². The first-order chi connectivity index (χ1) is 9.45. The highest BCUT2D eigenvalue weighted by Crippen LogP contribution is 2.35. The van der Waals surface area contributed by atoms with E-state index in [1.54, 1.807) is 14.0 Å². The molecule has 0 atom stereocenters. The van der Waals surface area contributed by atoms with Gasteiger partial charge in [-0.15, -0.1) is 0 Å². The maximum Gasteiger partial charge on any atom is 0.357 e. The van der Waals surface area contributed by atoms with Crippen LogP contribution in [0.2, 0.25) is 0 Å². The Kier molecular flexibility index (Phi) is 3.79. The van der Waals surface area contributed by atoms with Crippen molar-refractivity contribution in [1.29, 1.82) is 0 Å². The molecule has 0 aliphatic rings. The first kappa shape index (κ1) is 14.1. The van der Waals surface area contributed by atoms with Gasteiger partial charge in [0, 0.05) is 16.8 Å². The van der Waals surface area contributed by atoms with E-state index in [2.05, 4.69) is 24.0 Å². The Morgan fingerprint density at radius 3 is 2.65 bits per heavy atom. The number of rotatable bonds is 4. The first-order valence-electron chi connectivity index (χ1n) is 6.42. The quantitative estimate of drug-likeness (QED) is 0.897. The molecule has 0 fully saturated rings. The van der Waals surface area contributed by atoms with Crippen LogP contribution in [0.5, 0.6) is 5.75 Å². The van der Waals surface area contributed by atoms with Crippen LogP contribution in [0, 0.1) is 6.92 Å². The highest BCUT2D eigenvalue weighted by atomic mass is 16.5. The van der Waals surface area contributed by atoms with Gasteiger partial charge in [-0.2, -0.15) is 5.10 Å². The summed E-state index contributed by atoms with van der Waals surface area (Å²) < 4.78 is 5.42. The van der Waals surface area contributed by atoms with Crippen molar-refractivity contribution in [3.05, 3.63) is 35.2 Å². The molecule has 1 heterocycles. The minimum absolute atomic E-state index is 0.0121. The second-order valence-corrected chi connectivity index (χ2v) is 4.99. The molecule has 0 amide bonds. The summed E-state index contributed by atoms with van der Waals surface area (Å²) in [5.41, 5.74) is 3.17. The summed E-state index contributed by atoms with van der Waals surface area (Å²) in [5.74, 6) is -0.0233. The highest BCUT2D eigenvalue weighted by Gasteiger charge is 2.21. The molecular weight excluding hydrogens is 256 g/mol. The lowest BCUT2D eigenvalue weighted by atomic mass is 9.96. The van der Waals surface area contributed by atoms with Crippen LogP contribution in [-0.2, 0) is 0 Å². The summed E-state index contributed by atoms with van der Waals surface area (Å²) in [5, 5.41) is 15.8. The van der Waals surface area contributed by atoms with E-state index in [1.165, 1.54) is 0 Å². The number of nitrogens with zero attached hydrogens (tertiary/aromatic N) is 1. The molecule has 0 aliphatic carbocycles. The number of aromatic nitrogens is 2. The van der Waals surface area contributed by atoms with E-state index in [9.17, 15) is 9.90 Å². The van der Waals surface area contributed by atoms with Gasteiger partial charge in [0.15, 0.2) is 5.69 Å². The van der Waals surface area contributed by atoms with Crippen LogP contribution in [0.1, 0.15) is 41.5 Å². The number of ether oxygens (including phenoxy) is 1. The minimum Gasteiger partial charge on any atom is -0.496 e. The molecule has 5 heteroatoms. The minimum atomic E-state index is -1.06. The molecule has 0 spiro atoms. The van der Waals surface area contributed by atoms with Gasteiger partial charge >= 0.3 is 5.97 Å². The summed E-state index contributed by atoms with van der Waals surface area (Å²) in [7, 11) is 1.58. The second kappa shape index (κ2) is 5.36. The first-order valence-corrected chi connectivity index (χ1v) is 6.42. The zero-order chi connectivity index (χ0) is 14.9. The van der Waals surface area contributed by atoms with E-state index in [1.807, 2.05) is 18.2 Å². The summed E-state index contributed by atoms with van der Waals surface area (Å²) >= 11 is 0. The second-order valence-electron chi connectivity index (χ2n) is 4.99. The Bertz CT molecular complexity index is 645. The zero-order valence-electron chi connectivity index (χ0n) is 12.0. The predicted octanol–water partition coefficient (Wildman–Crippen LogP) is 3.22. The lowest BCUT2D eigenvalue weighted by Gasteiger charge is -2.13. The summed E-state index contributed by atoms with van der Waals surface area (Å²) in [4.78, 5) is 11.3. The number of aromatic amines is 1. The molecule has 0 radical (unpaired) electrons. The highest BCUT2D eigenvalue weighted by molar-refractivity contribution is 5.95. The van der Waals surface area contributed by atoms with Crippen molar-refractivity contribution >= 4 is 5.97 Å². The SMILES string of the molecule is COc1cc(C(C)C)ccc1-c1c(C(=O)O)n[nH]c1C. The number of hydrogen-bond acceptors (Lipinski definition) is 3. The number of methoxy groups -OCH3 is 1. The van der Waals surface area contributed by atoms with Crippen LogP contribution < -0.4 is 4.74 Å². The summed E-state index contributed by atoms with van der Waals surface area (Å²) in [6, 6.07) is 5.82. The van der Waals surface area contributed by atoms with Gasteiger partial charge in [0.25, 0.3) is 0 Å². The van der Waals surface area contributed by atoms with Crippen molar-refractivity contribution in [2.45, 2.75) is 26.7 Å². The normalized spacial score (nSPS) is 10.8. The van der Waals surface area contributed by atoms with E-state index >= 15 is 0 Å². The lowest BCUT2D eigenvalue weighted by Crippen LogP contribution is -2.01. The molecular formula is C15H18N2O3. The van der Waals surface area contributed by atoms with Crippen LogP contribution >= 0.6 is 0 Å². The van der Waals surface area contributed by atoms with Gasteiger partial charge in [-0.05, 0) is 24.5 Å². The van der Waals surface area contributed by atoms with Crippen molar-refractivity contribution in [3.8, 4) is 16.9 Å². The number of carboxylic acids is 1. The standard InChI is InChI=1S/C15H18N2O3/c1-8(2)10-5-6-11(12(7-10)20-4)13-9(3)16-17-14(13)15(18)19/h5-8H,1-4H3,(H,16,17)(H,18,19). The molecule has 2 aromatic rings.